The van der Waals surface area contributed by atoms with Crippen molar-refractivity contribution in [3.8, 4) is 0 Å². The number of anilines is 1. The van der Waals surface area contributed by atoms with E-state index in [0.29, 0.717) is 5.82 Å². The van der Waals surface area contributed by atoms with Gasteiger partial charge in [0.1, 0.15) is 11.5 Å². The highest BCUT2D eigenvalue weighted by Crippen LogP contribution is 2.22. The van der Waals surface area contributed by atoms with Gasteiger partial charge >= 0.3 is 0 Å². The van der Waals surface area contributed by atoms with E-state index in [1.165, 1.54) is 0 Å². The first-order chi connectivity index (χ1) is 8.81. The van der Waals surface area contributed by atoms with E-state index in [1.807, 2.05) is 47.1 Å². The summed E-state index contributed by atoms with van der Waals surface area (Å²) in [5.41, 5.74) is 7.58. The monoisotopic (exact) mass is 256 g/mol. The Morgan fingerprint density at radius 2 is 2.17 bits per heavy atom. The number of nitrogens with zero attached hydrogens (tertiary/aromatic N) is 3. The van der Waals surface area contributed by atoms with E-state index < -0.39 is 0 Å². The maximum absolute atomic E-state index is 5.55. The molecule has 0 bridgehead atoms. The van der Waals surface area contributed by atoms with Crippen LogP contribution in [0.4, 0.5) is 5.82 Å². The third-order valence-electron chi connectivity index (χ3n) is 2.56. The molecular formula is C13H12N4S. The molecule has 0 saturated carbocycles. The minimum Gasteiger partial charge on any atom is -0.384 e. The van der Waals surface area contributed by atoms with E-state index in [9.17, 15) is 0 Å². The second-order valence-electron chi connectivity index (χ2n) is 3.91. The molecule has 2 N–H and O–H groups in total. The summed E-state index contributed by atoms with van der Waals surface area (Å²) >= 11 is 1.70. The van der Waals surface area contributed by atoms with Crippen molar-refractivity contribution in [2.75, 3.05) is 5.73 Å². The van der Waals surface area contributed by atoms with E-state index in [4.69, 9.17) is 5.73 Å². The van der Waals surface area contributed by atoms with E-state index >= 15 is 0 Å². The van der Waals surface area contributed by atoms with Gasteiger partial charge in [-0.1, -0.05) is 6.07 Å². The molecule has 90 valence electrons. The van der Waals surface area contributed by atoms with Crippen LogP contribution in [0.25, 0.3) is 5.65 Å². The van der Waals surface area contributed by atoms with E-state index in [-0.39, 0.29) is 0 Å². The molecule has 0 unspecified atom stereocenters. The largest absolute Gasteiger partial charge is 0.384 e. The minimum absolute atomic E-state index is 0.548. The Balaban J connectivity index is 1.74. The Morgan fingerprint density at radius 1 is 1.22 bits per heavy atom. The number of hydrogen-bond acceptors (Lipinski definition) is 4. The van der Waals surface area contributed by atoms with Crippen molar-refractivity contribution >= 4 is 23.2 Å². The summed E-state index contributed by atoms with van der Waals surface area (Å²) in [7, 11) is 0. The molecule has 0 aliphatic heterocycles. The number of aromatic nitrogens is 3. The molecule has 0 fully saturated rings. The van der Waals surface area contributed by atoms with Crippen molar-refractivity contribution in [1.82, 2.24) is 14.4 Å². The lowest BCUT2D eigenvalue weighted by molar-refractivity contribution is 1.18. The Labute approximate surface area is 109 Å². The zero-order chi connectivity index (χ0) is 12.4. The minimum atomic E-state index is 0.548. The second-order valence-corrected chi connectivity index (χ2v) is 4.95. The maximum Gasteiger partial charge on any atom is 0.137 e. The first-order valence-corrected chi connectivity index (χ1v) is 6.57. The van der Waals surface area contributed by atoms with Gasteiger partial charge in [-0.2, -0.15) is 0 Å². The molecule has 5 heteroatoms. The molecule has 4 nitrogen and oxygen atoms in total. The van der Waals surface area contributed by atoms with Crippen molar-refractivity contribution in [3.05, 3.63) is 54.6 Å². The van der Waals surface area contributed by atoms with Crippen LogP contribution in [0.2, 0.25) is 0 Å². The summed E-state index contributed by atoms with van der Waals surface area (Å²) < 4.78 is 2.02. The van der Waals surface area contributed by atoms with Crippen LogP contribution in [0, 0.1) is 0 Å². The van der Waals surface area contributed by atoms with Gasteiger partial charge in [-0.05, 0) is 24.3 Å². The van der Waals surface area contributed by atoms with Crippen molar-refractivity contribution in [2.24, 2.45) is 0 Å². The normalized spacial score (nSPS) is 10.9. The number of rotatable bonds is 3. The first kappa shape index (κ1) is 11.1. The molecule has 3 aromatic rings. The number of nitrogen functional groups attached to an aromatic ring is 1. The van der Waals surface area contributed by atoms with Crippen molar-refractivity contribution in [3.63, 3.8) is 0 Å². The number of fused-ring (bicyclic) bond motifs is 1. The summed E-state index contributed by atoms with van der Waals surface area (Å²) in [6.07, 6.45) is 5.84. The topological polar surface area (TPSA) is 56.2 Å². The number of pyridine rings is 2. The van der Waals surface area contributed by atoms with Crippen LogP contribution < -0.4 is 5.73 Å². The fourth-order valence-corrected chi connectivity index (χ4v) is 2.44. The van der Waals surface area contributed by atoms with Gasteiger partial charge in [0.05, 0.1) is 5.69 Å². The predicted octanol–water partition coefficient (Wildman–Crippen LogP) is 2.60. The van der Waals surface area contributed by atoms with Crippen LogP contribution in [0.3, 0.4) is 0 Å². The van der Waals surface area contributed by atoms with Crippen molar-refractivity contribution in [1.29, 1.82) is 0 Å². The predicted molar refractivity (Wildman–Crippen MR) is 73.4 cm³/mol. The van der Waals surface area contributed by atoms with Gasteiger partial charge in [0.2, 0.25) is 0 Å². The number of nitrogens with two attached hydrogens (primary N) is 1. The Hall–Kier alpha value is -2.01. The van der Waals surface area contributed by atoms with Gasteiger partial charge in [-0.25, -0.2) is 9.97 Å². The lowest BCUT2D eigenvalue weighted by Crippen LogP contribution is -1.88. The molecule has 0 radical (unpaired) electrons. The van der Waals surface area contributed by atoms with Crippen LogP contribution >= 0.6 is 11.8 Å². The number of thioether (sulfide) groups is 1. The number of hydrogen-bond donors (Lipinski definition) is 1. The summed E-state index contributed by atoms with van der Waals surface area (Å²) in [5, 5.41) is 0. The van der Waals surface area contributed by atoms with E-state index in [2.05, 4.69) is 9.97 Å². The molecule has 0 saturated heterocycles. The van der Waals surface area contributed by atoms with E-state index in [0.717, 1.165) is 22.0 Å². The van der Waals surface area contributed by atoms with Crippen LogP contribution in [0.15, 0.2) is 53.8 Å². The molecule has 18 heavy (non-hydrogen) atoms. The van der Waals surface area contributed by atoms with Crippen molar-refractivity contribution in [2.45, 2.75) is 10.6 Å². The van der Waals surface area contributed by atoms with Crippen LogP contribution in [-0.2, 0) is 5.75 Å². The Kier molecular flexibility index (Phi) is 2.90. The van der Waals surface area contributed by atoms with Gasteiger partial charge < -0.3 is 10.1 Å². The van der Waals surface area contributed by atoms with Gasteiger partial charge in [0.15, 0.2) is 0 Å². The van der Waals surface area contributed by atoms with Crippen LogP contribution in [-0.4, -0.2) is 14.4 Å². The highest BCUT2D eigenvalue weighted by molar-refractivity contribution is 7.98. The molecule has 0 spiro atoms. The molecule has 0 amide bonds. The molecule has 0 atom stereocenters. The quantitative estimate of drug-likeness (QED) is 0.732. The highest BCUT2D eigenvalue weighted by Gasteiger charge is 2.02. The Bertz CT molecular complexity index is 627. The zero-order valence-corrected chi connectivity index (χ0v) is 10.5. The van der Waals surface area contributed by atoms with Crippen LogP contribution in [0.5, 0.6) is 0 Å². The third-order valence-corrected chi connectivity index (χ3v) is 3.57. The van der Waals surface area contributed by atoms with Crippen LogP contribution in [0.1, 0.15) is 5.69 Å². The third kappa shape index (κ3) is 2.31. The molecule has 0 aliphatic carbocycles. The lowest BCUT2D eigenvalue weighted by Gasteiger charge is -1.98. The fourth-order valence-electron chi connectivity index (χ4n) is 1.69. The molecule has 3 rings (SSSR count). The average molecular weight is 256 g/mol. The standard InChI is InChI=1S/C13H12N4S/c14-12-5-4-11(7-15-12)18-9-10-8-17-6-2-1-3-13(17)16-10/h1-8H,9H2,(H2,14,15). The average Bonchev–Trinajstić information content (AvgIpc) is 2.81. The molecule has 3 aromatic heterocycles. The summed E-state index contributed by atoms with van der Waals surface area (Å²) in [5.74, 6) is 1.37. The summed E-state index contributed by atoms with van der Waals surface area (Å²) in [6.45, 7) is 0. The van der Waals surface area contributed by atoms with Crippen molar-refractivity contribution < 1.29 is 0 Å². The SMILES string of the molecule is Nc1ccc(SCc2cn3ccccc3n2)cn1. The highest BCUT2D eigenvalue weighted by atomic mass is 32.2. The van der Waals surface area contributed by atoms with Gasteiger partial charge in [0, 0.05) is 29.2 Å². The van der Waals surface area contributed by atoms with Gasteiger partial charge in [-0.3, -0.25) is 0 Å². The van der Waals surface area contributed by atoms with Gasteiger partial charge in [0.25, 0.3) is 0 Å². The molecule has 0 aromatic carbocycles. The first-order valence-electron chi connectivity index (χ1n) is 5.58. The summed E-state index contributed by atoms with van der Waals surface area (Å²) in [4.78, 5) is 9.71. The smallest absolute Gasteiger partial charge is 0.137 e. The molecule has 3 heterocycles. The maximum atomic E-state index is 5.55. The second kappa shape index (κ2) is 4.70. The fraction of sp³-hybridized carbons (Fsp3) is 0.0769. The zero-order valence-electron chi connectivity index (χ0n) is 9.65. The molecule has 0 aliphatic rings. The lowest BCUT2D eigenvalue weighted by atomic mass is 10.5. The Morgan fingerprint density at radius 3 is 2.94 bits per heavy atom. The van der Waals surface area contributed by atoms with E-state index in [1.54, 1.807) is 18.0 Å². The number of imidazole rings is 1. The van der Waals surface area contributed by atoms with Gasteiger partial charge in [-0.15, -0.1) is 11.8 Å². The molecular weight excluding hydrogens is 244 g/mol. The summed E-state index contributed by atoms with van der Waals surface area (Å²) in [6, 6.07) is 9.77.